The Morgan fingerprint density at radius 1 is 1.26 bits per heavy atom. The summed E-state index contributed by atoms with van der Waals surface area (Å²) in [5, 5.41) is 11.4. The molecule has 0 aromatic carbocycles. The summed E-state index contributed by atoms with van der Waals surface area (Å²) in [4.78, 5) is 4.98. The SMILES string of the molecule is CC(C)C(CNc1cccnn1)N1CCN(C)CC1. The standard InChI is InChI=1S/C14H25N5/c1-12(2)13(19-9-7-18(3)8-10-19)11-15-14-5-4-6-16-17-14/h4-6,12-13H,7-11H2,1-3H3,(H,15,17). The second kappa shape index (κ2) is 6.82. The zero-order chi connectivity index (χ0) is 13.7. The molecule has 2 heterocycles. The van der Waals surface area contributed by atoms with Gasteiger partial charge < -0.3 is 10.2 Å². The second-order valence-corrected chi connectivity index (χ2v) is 5.64. The normalized spacial score (nSPS) is 19.6. The van der Waals surface area contributed by atoms with Gasteiger partial charge in [0.2, 0.25) is 0 Å². The van der Waals surface area contributed by atoms with E-state index in [0.29, 0.717) is 12.0 Å². The lowest BCUT2D eigenvalue weighted by Crippen LogP contribution is -2.52. The molecule has 1 unspecified atom stereocenters. The van der Waals surface area contributed by atoms with Crippen molar-refractivity contribution in [3.8, 4) is 0 Å². The molecule has 0 spiro atoms. The van der Waals surface area contributed by atoms with E-state index in [9.17, 15) is 0 Å². The Hall–Kier alpha value is -1.20. The summed E-state index contributed by atoms with van der Waals surface area (Å²) in [5.41, 5.74) is 0. The summed E-state index contributed by atoms with van der Waals surface area (Å²) in [7, 11) is 2.19. The zero-order valence-corrected chi connectivity index (χ0v) is 12.2. The molecule has 0 aliphatic carbocycles. The van der Waals surface area contributed by atoms with Gasteiger partial charge in [-0.2, -0.15) is 5.10 Å². The van der Waals surface area contributed by atoms with Crippen molar-refractivity contribution in [1.29, 1.82) is 0 Å². The van der Waals surface area contributed by atoms with Gasteiger partial charge in [0, 0.05) is 45.0 Å². The van der Waals surface area contributed by atoms with Crippen LogP contribution in [0.4, 0.5) is 5.82 Å². The molecule has 1 atom stereocenters. The van der Waals surface area contributed by atoms with E-state index in [1.54, 1.807) is 6.20 Å². The third kappa shape index (κ3) is 4.14. The highest BCUT2D eigenvalue weighted by Gasteiger charge is 2.24. The average molecular weight is 263 g/mol. The van der Waals surface area contributed by atoms with Gasteiger partial charge in [-0.05, 0) is 25.1 Å². The van der Waals surface area contributed by atoms with E-state index in [1.165, 1.54) is 0 Å². The Morgan fingerprint density at radius 2 is 2.00 bits per heavy atom. The maximum absolute atomic E-state index is 4.08. The van der Waals surface area contributed by atoms with Crippen molar-refractivity contribution in [1.82, 2.24) is 20.0 Å². The molecule has 5 heteroatoms. The predicted molar refractivity (Wildman–Crippen MR) is 78.2 cm³/mol. The Bertz CT molecular complexity index is 359. The molecular weight excluding hydrogens is 238 g/mol. The van der Waals surface area contributed by atoms with Crippen LogP contribution in [0, 0.1) is 5.92 Å². The van der Waals surface area contributed by atoms with Crippen molar-refractivity contribution >= 4 is 5.82 Å². The fourth-order valence-electron chi connectivity index (χ4n) is 2.54. The number of piperazine rings is 1. The molecule has 1 aromatic heterocycles. The van der Waals surface area contributed by atoms with E-state index in [0.717, 1.165) is 38.5 Å². The molecule has 0 bridgehead atoms. The van der Waals surface area contributed by atoms with Gasteiger partial charge in [-0.15, -0.1) is 5.10 Å². The molecule has 2 rings (SSSR count). The minimum absolute atomic E-state index is 0.552. The van der Waals surface area contributed by atoms with E-state index in [1.807, 2.05) is 12.1 Å². The molecule has 0 amide bonds. The first-order chi connectivity index (χ1) is 9.16. The Kier molecular flexibility index (Phi) is 5.10. The third-order valence-corrected chi connectivity index (χ3v) is 3.84. The monoisotopic (exact) mass is 263 g/mol. The minimum Gasteiger partial charge on any atom is -0.367 e. The maximum Gasteiger partial charge on any atom is 0.148 e. The first kappa shape index (κ1) is 14.2. The second-order valence-electron chi connectivity index (χ2n) is 5.64. The quantitative estimate of drug-likeness (QED) is 0.863. The van der Waals surface area contributed by atoms with Crippen molar-refractivity contribution in [2.24, 2.45) is 5.92 Å². The van der Waals surface area contributed by atoms with E-state index < -0.39 is 0 Å². The van der Waals surface area contributed by atoms with Gasteiger partial charge in [0.05, 0.1) is 0 Å². The topological polar surface area (TPSA) is 44.3 Å². The molecule has 1 saturated heterocycles. The van der Waals surface area contributed by atoms with Gasteiger partial charge in [-0.25, -0.2) is 0 Å². The van der Waals surface area contributed by atoms with Gasteiger partial charge in [0.25, 0.3) is 0 Å². The highest BCUT2D eigenvalue weighted by atomic mass is 15.3. The van der Waals surface area contributed by atoms with Crippen molar-refractivity contribution in [2.75, 3.05) is 45.1 Å². The fraction of sp³-hybridized carbons (Fsp3) is 0.714. The molecule has 1 aliphatic rings. The summed E-state index contributed by atoms with van der Waals surface area (Å²) >= 11 is 0. The zero-order valence-electron chi connectivity index (χ0n) is 12.2. The molecule has 1 N–H and O–H groups in total. The number of aromatic nitrogens is 2. The summed E-state index contributed by atoms with van der Waals surface area (Å²) in [6.45, 7) is 10.1. The lowest BCUT2D eigenvalue weighted by Gasteiger charge is -2.40. The molecule has 19 heavy (non-hydrogen) atoms. The average Bonchev–Trinajstić information content (AvgIpc) is 2.42. The number of rotatable bonds is 5. The molecule has 106 valence electrons. The number of anilines is 1. The van der Waals surface area contributed by atoms with Crippen LogP contribution in [0.25, 0.3) is 0 Å². The van der Waals surface area contributed by atoms with Crippen LogP contribution in [-0.2, 0) is 0 Å². The van der Waals surface area contributed by atoms with Crippen LogP contribution < -0.4 is 5.32 Å². The Balaban J connectivity index is 1.89. The van der Waals surface area contributed by atoms with E-state index in [2.05, 4.69) is 46.2 Å². The lowest BCUT2D eigenvalue weighted by atomic mass is 10.0. The van der Waals surface area contributed by atoms with E-state index in [4.69, 9.17) is 0 Å². The molecule has 1 fully saturated rings. The van der Waals surface area contributed by atoms with Crippen LogP contribution >= 0.6 is 0 Å². The Labute approximate surface area is 116 Å². The van der Waals surface area contributed by atoms with Crippen molar-refractivity contribution < 1.29 is 0 Å². The van der Waals surface area contributed by atoms with Crippen molar-refractivity contribution in [3.05, 3.63) is 18.3 Å². The maximum atomic E-state index is 4.08. The van der Waals surface area contributed by atoms with E-state index in [-0.39, 0.29) is 0 Å². The van der Waals surface area contributed by atoms with Crippen LogP contribution in [0.15, 0.2) is 18.3 Å². The fourth-order valence-corrected chi connectivity index (χ4v) is 2.54. The Morgan fingerprint density at radius 3 is 2.58 bits per heavy atom. The molecule has 0 radical (unpaired) electrons. The molecule has 5 nitrogen and oxygen atoms in total. The van der Waals surface area contributed by atoms with Gasteiger partial charge in [0.15, 0.2) is 0 Å². The molecule has 1 aromatic rings. The molecular formula is C14H25N5. The number of likely N-dealkylation sites (N-methyl/N-ethyl adjacent to an activating group) is 1. The summed E-state index contributed by atoms with van der Waals surface area (Å²) in [6, 6.07) is 4.43. The summed E-state index contributed by atoms with van der Waals surface area (Å²) < 4.78 is 0. The molecule has 0 saturated carbocycles. The highest BCUT2D eigenvalue weighted by Crippen LogP contribution is 2.14. The van der Waals surface area contributed by atoms with Gasteiger partial charge >= 0.3 is 0 Å². The number of nitrogens with one attached hydrogen (secondary N) is 1. The van der Waals surface area contributed by atoms with Crippen LogP contribution in [0.2, 0.25) is 0 Å². The largest absolute Gasteiger partial charge is 0.367 e. The number of hydrogen-bond donors (Lipinski definition) is 1. The van der Waals surface area contributed by atoms with Crippen molar-refractivity contribution in [3.63, 3.8) is 0 Å². The van der Waals surface area contributed by atoms with Gasteiger partial charge in [-0.1, -0.05) is 13.8 Å². The van der Waals surface area contributed by atoms with Gasteiger partial charge in [-0.3, -0.25) is 4.90 Å². The highest BCUT2D eigenvalue weighted by molar-refractivity contribution is 5.31. The summed E-state index contributed by atoms with van der Waals surface area (Å²) in [6.07, 6.45) is 1.70. The first-order valence-corrected chi connectivity index (χ1v) is 7.11. The first-order valence-electron chi connectivity index (χ1n) is 7.11. The third-order valence-electron chi connectivity index (χ3n) is 3.84. The number of nitrogens with zero attached hydrogens (tertiary/aromatic N) is 4. The smallest absolute Gasteiger partial charge is 0.148 e. The van der Waals surface area contributed by atoms with Crippen LogP contribution in [0.1, 0.15) is 13.8 Å². The molecule has 1 aliphatic heterocycles. The minimum atomic E-state index is 0.552. The number of hydrogen-bond acceptors (Lipinski definition) is 5. The lowest BCUT2D eigenvalue weighted by molar-refractivity contribution is 0.0944. The summed E-state index contributed by atoms with van der Waals surface area (Å²) in [5.74, 6) is 1.50. The van der Waals surface area contributed by atoms with Crippen LogP contribution in [-0.4, -0.2) is 65.8 Å². The van der Waals surface area contributed by atoms with Crippen molar-refractivity contribution in [2.45, 2.75) is 19.9 Å². The van der Waals surface area contributed by atoms with E-state index >= 15 is 0 Å². The predicted octanol–water partition coefficient (Wildman–Crippen LogP) is 1.16. The van der Waals surface area contributed by atoms with Gasteiger partial charge in [0.1, 0.15) is 5.82 Å². The van der Waals surface area contributed by atoms with Crippen LogP contribution in [0.5, 0.6) is 0 Å². The van der Waals surface area contributed by atoms with Crippen LogP contribution in [0.3, 0.4) is 0 Å².